The van der Waals surface area contributed by atoms with Gasteiger partial charge in [0, 0.05) is 12.0 Å². The van der Waals surface area contributed by atoms with Crippen molar-refractivity contribution >= 4 is 45.4 Å². The van der Waals surface area contributed by atoms with E-state index in [1.165, 1.54) is 36.4 Å². The molecule has 0 aliphatic carbocycles. The summed E-state index contributed by atoms with van der Waals surface area (Å²) in [6.45, 7) is 14.6. The summed E-state index contributed by atoms with van der Waals surface area (Å²) in [6.07, 6.45) is 0.589. The first kappa shape index (κ1) is 46.8. The Balaban J connectivity index is 0.000000846. The molecule has 280 valence electrons. The third-order valence-electron chi connectivity index (χ3n) is 6.45. The molecule has 0 amide bonds. The van der Waals surface area contributed by atoms with Gasteiger partial charge >= 0.3 is 11.9 Å². The van der Waals surface area contributed by atoms with E-state index in [1.807, 2.05) is 32.9 Å². The van der Waals surface area contributed by atoms with Gasteiger partial charge in [0.2, 0.25) is 0 Å². The maximum Gasteiger partial charge on any atom is 0.323 e. The average Bonchev–Trinajstić information content (AvgIpc) is 3.05. The number of rotatable bonds is 13. The average molecular weight is 751 g/mol. The van der Waals surface area contributed by atoms with E-state index in [0.717, 1.165) is 0 Å². The largest absolute Gasteiger partial charge is 0.465 e. The number of Topliss-reactive ketones (excluding diaryl/α,β-unsaturated/α-hetero) is 1. The maximum absolute atomic E-state index is 13.2. The standard InChI is InChI=1S/C18H23FN2O3S.C14H14FNO3.C4H11NOS/c1-5-24-17(22)14(12-20)8-11-16(21-25(23)18(2,3)4)13-6-9-15(19)10-7-13;1-2-19-14(18)11(9-16)5-8-13(17)10-3-6-12(15)7-4-10;1-4(2,3)7(5)6/h6-7,9-10,14H,5,8,11H2,1-4H3;3-4,6-7,11H,2,5,8H2,1H3;5H2,1-3H3/t14?,25-;;7-/m1.1/s1. The number of ketones is 1. The van der Waals surface area contributed by atoms with Gasteiger partial charge < -0.3 is 9.47 Å². The molecule has 4 atom stereocenters. The number of nitrogens with two attached hydrogens (primary N) is 1. The summed E-state index contributed by atoms with van der Waals surface area (Å²) in [4.78, 5) is 34.9. The molecule has 0 saturated carbocycles. The maximum atomic E-state index is 13.2. The topological polar surface area (TPSA) is 190 Å². The van der Waals surface area contributed by atoms with Gasteiger partial charge in [0.25, 0.3) is 0 Å². The number of hydrogen-bond acceptors (Lipinski definition) is 9. The zero-order chi connectivity index (χ0) is 39.4. The molecule has 0 aliphatic heterocycles. The fraction of sp³-hybridized carbons (Fsp3) is 0.500. The number of hydrogen-bond donors (Lipinski definition) is 1. The summed E-state index contributed by atoms with van der Waals surface area (Å²) in [6, 6.07) is 14.5. The number of nitriles is 2. The first-order valence-electron chi connectivity index (χ1n) is 16.0. The second-order valence-corrected chi connectivity index (χ2v) is 16.4. The third-order valence-corrected chi connectivity index (χ3v) is 9.09. The highest BCUT2D eigenvalue weighted by Crippen LogP contribution is 2.19. The lowest BCUT2D eigenvalue weighted by atomic mass is 9.99. The van der Waals surface area contributed by atoms with Crippen LogP contribution < -0.4 is 5.14 Å². The normalized spacial score (nSPS) is 13.6. The van der Waals surface area contributed by atoms with Crippen LogP contribution in [0.1, 0.15) is 97.0 Å². The Labute approximate surface area is 304 Å². The fourth-order valence-electron chi connectivity index (χ4n) is 3.41. The van der Waals surface area contributed by atoms with E-state index >= 15 is 0 Å². The highest BCUT2D eigenvalue weighted by Gasteiger charge is 2.24. The molecule has 11 nitrogen and oxygen atoms in total. The van der Waals surface area contributed by atoms with Crippen LogP contribution in [0.4, 0.5) is 8.78 Å². The Kier molecular flexibility index (Phi) is 21.4. The molecule has 0 aliphatic rings. The molecular formula is C36H48F2N4O7S2. The van der Waals surface area contributed by atoms with E-state index < -0.39 is 56.3 Å². The Morgan fingerprint density at radius 3 is 1.45 bits per heavy atom. The van der Waals surface area contributed by atoms with Crippen molar-refractivity contribution in [3.8, 4) is 12.1 Å². The van der Waals surface area contributed by atoms with Crippen LogP contribution in [0.2, 0.25) is 0 Å². The Bertz CT molecular complexity index is 1590. The number of carbonyl (C=O) groups excluding carboxylic acids is 3. The molecule has 2 aromatic carbocycles. The van der Waals surface area contributed by atoms with Crippen molar-refractivity contribution in [1.29, 1.82) is 10.5 Å². The molecule has 0 bridgehead atoms. The molecule has 15 heteroatoms. The van der Waals surface area contributed by atoms with E-state index in [1.54, 1.807) is 46.8 Å². The molecule has 2 unspecified atom stereocenters. The van der Waals surface area contributed by atoms with Crippen molar-refractivity contribution in [3.05, 3.63) is 71.3 Å². The SMILES string of the molecule is CC(C)(C)[S@](N)=O.CCOC(=O)C(C#N)CCC(=N[S@](=O)C(C)(C)C)c1ccc(F)cc1.CCOC(=O)C(C#N)CCC(=O)c1ccc(F)cc1. The number of carbonyl (C=O) groups is 3. The van der Waals surface area contributed by atoms with Crippen LogP contribution in [0.3, 0.4) is 0 Å². The number of ether oxygens (including phenoxy) is 2. The third kappa shape index (κ3) is 19.1. The molecule has 2 N–H and O–H groups in total. The van der Waals surface area contributed by atoms with Crippen LogP contribution in [-0.4, -0.2) is 54.6 Å². The van der Waals surface area contributed by atoms with Gasteiger partial charge in [-0.1, -0.05) is 12.1 Å². The minimum Gasteiger partial charge on any atom is -0.465 e. The van der Waals surface area contributed by atoms with Gasteiger partial charge in [-0.25, -0.2) is 17.2 Å². The molecule has 2 aromatic rings. The van der Waals surface area contributed by atoms with E-state index in [9.17, 15) is 31.6 Å². The van der Waals surface area contributed by atoms with Gasteiger partial charge in [-0.05, 0) is 117 Å². The van der Waals surface area contributed by atoms with Gasteiger partial charge in [-0.3, -0.25) is 19.5 Å². The molecule has 0 fully saturated rings. The van der Waals surface area contributed by atoms with Crippen molar-refractivity contribution in [1.82, 2.24) is 0 Å². The number of nitrogens with zero attached hydrogens (tertiary/aromatic N) is 3. The summed E-state index contributed by atoms with van der Waals surface area (Å²) in [7, 11) is -2.69. The number of halogens is 2. The first-order valence-corrected chi connectivity index (χ1v) is 18.4. The van der Waals surface area contributed by atoms with E-state index in [2.05, 4.69) is 4.40 Å². The van der Waals surface area contributed by atoms with Crippen molar-refractivity contribution in [2.24, 2.45) is 21.4 Å². The van der Waals surface area contributed by atoms with Crippen molar-refractivity contribution < 1.29 is 41.1 Å². The van der Waals surface area contributed by atoms with E-state index in [0.29, 0.717) is 16.8 Å². The van der Waals surface area contributed by atoms with Crippen LogP contribution in [0, 0.1) is 46.1 Å². The van der Waals surface area contributed by atoms with Crippen LogP contribution in [-0.2, 0) is 41.0 Å². The van der Waals surface area contributed by atoms with Crippen molar-refractivity contribution in [2.45, 2.75) is 90.6 Å². The second-order valence-electron chi connectivity index (χ2n) is 12.7. The smallest absolute Gasteiger partial charge is 0.323 e. The lowest BCUT2D eigenvalue weighted by Gasteiger charge is -2.16. The monoisotopic (exact) mass is 750 g/mol. The Hall–Kier alpha value is -4.18. The van der Waals surface area contributed by atoms with Gasteiger partial charge in [0.1, 0.15) is 34.5 Å². The predicted octanol–water partition coefficient (Wildman–Crippen LogP) is 6.46. The predicted molar refractivity (Wildman–Crippen MR) is 194 cm³/mol. The van der Waals surface area contributed by atoms with Crippen molar-refractivity contribution in [3.63, 3.8) is 0 Å². The van der Waals surface area contributed by atoms with E-state index in [-0.39, 0.29) is 55.2 Å². The minimum atomic E-state index is -1.51. The molecule has 0 saturated heterocycles. The zero-order valence-corrected chi connectivity index (χ0v) is 32.0. The Morgan fingerprint density at radius 2 is 1.12 bits per heavy atom. The van der Waals surface area contributed by atoms with Gasteiger partial charge in [0.15, 0.2) is 5.78 Å². The summed E-state index contributed by atoms with van der Waals surface area (Å²) in [5.74, 6) is -4.10. The molecule has 0 radical (unpaired) electrons. The number of esters is 2. The minimum absolute atomic E-state index is 0.0443. The summed E-state index contributed by atoms with van der Waals surface area (Å²) >= 11 is 0. The molecule has 0 spiro atoms. The molecule has 0 heterocycles. The molecule has 2 rings (SSSR count). The van der Waals surface area contributed by atoms with Crippen LogP contribution >= 0.6 is 0 Å². The molecule has 0 aromatic heterocycles. The van der Waals surface area contributed by atoms with Gasteiger partial charge in [-0.15, -0.1) is 0 Å². The number of benzene rings is 2. The lowest BCUT2D eigenvalue weighted by molar-refractivity contribution is -0.147. The molecule has 51 heavy (non-hydrogen) atoms. The van der Waals surface area contributed by atoms with Crippen LogP contribution in [0.15, 0.2) is 52.9 Å². The zero-order valence-electron chi connectivity index (χ0n) is 30.4. The van der Waals surface area contributed by atoms with Gasteiger partial charge in [0.05, 0.1) is 51.5 Å². The highest BCUT2D eigenvalue weighted by molar-refractivity contribution is 7.85. The first-order chi connectivity index (χ1) is 23.7. The van der Waals surface area contributed by atoms with Crippen LogP contribution in [0.5, 0.6) is 0 Å². The van der Waals surface area contributed by atoms with Crippen molar-refractivity contribution in [2.75, 3.05) is 13.2 Å². The van der Waals surface area contributed by atoms with Gasteiger partial charge in [-0.2, -0.15) is 14.9 Å². The lowest BCUT2D eigenvalue weighted by Crippen LogP contribution is -2.27. The van der Waals surface area contributed by atoms with E-state index in [4.69, 9.17) is 25.1 Å². The highest BCUT2D eigenvalue weighted by atomic mass is 32.2. The van der Waals surface area contributed by atoms with Crippen LogP contribution in [0.25, 0.3) is 0 Å². The quantitative estimate of drug-likeness (QED) is 0.136. The fourth-order valence-corrected chi connectivity index (χ4v) is 4.09. The second kappa shape index (κ2) is 23.3. The Morgan fingerprint density at radius 1 is 0.745 bits per heavy atom. The molecular weight excluding hydrogens is 703 g/mol. The summed E-state index contributed by atoms with van der Waals surface area (Å²) in [5, 5.41) is 23.0. The summed E-state index contributed by atoms with van der Waals surface area (Å²) in [5.41, 5.74) is 1.44. The summed E-state index contributed by atoms with van der Waals surface area (Å²) < 4.78 is 61.6.